The van der Waals surface area contributed by atoms with Crippen LogP contribution in [0.5, 0.6) is 0 Å². The van der Waals surface area contributed by atoms with Crippen molar-refractivity contribution in [3.8, 4) is 0 Å². The van der Waals surface area contributed by atoms with Crippen molar-refractivity contribution in [3.05, 3.63) is 65.7 Å². The molecule has 0 atom stereocenters. The summed E-state index contributed by atoms with van der Waals surface area (Å²) < 4.78 is 32.3. The van der Waals surface area contributed by atoms with E-state index in [4.69, 9.17) is 4.74 Å². The third-order valence-corrected chi connectivity index (χ3v) is 5.39. The fourth-order valence-corrected chi connectivity index (χ4v) is 3.77. The third-order valence-electron chi connectivity index (χ3n) is 4.13. The highest BCUT2D eigenvalue weighted by atomic mass is 32.2. The zero-order valence-corrected chi connectivity index (χ0v) is 16.5. The van der Waals surface area contributed by atoms with Gasteiger partial charge in [0.25, 0.3) is 0 Å². The molecule has 2 rings (SSSR count). The standard InChI is InChI=1S/C20H26N2O4S/c1-3-22(4-2)14-15-26-20(23)18-10-12-19(13-11-18)21-27(24,25)16-17-8-6-5-7-9-17/h5-13,21H,3-4,14-16H2,1-2H3. The van der Waals surface area contributed by atoms with Gasteiger partial charge in [0.1, 0.15) is 6.61 Å². The van der Waals surface area contributed by atoms with Crippen LogP contribution in [0.25, 0.3) is 0 Å². The largest absolute Gasteiger partial charge is 0.461 e. The van der Waals surface area contributed by atoms with E-state index in [2.05, 4.69) is 23.5 Å². The molecule has 0 radical (unpaired) electrons. The Morgan fingerprint density at radius 3 is 2.22 bits per heavy atom. The molecular weight excluding hydrogens is 364 g/mol. The summed E-state index contributed by atoms with van der Waals surface area (Å²) in [5, 5.41) is 0. The predicted molar refractivity (Wildman–Crippen MR) is 107 cm³/mol. The summed E-state index contributed by atoms with van der Waals surface area (Å²) in [6, 6.07) is 15.2. The predicted octanol–water partition coefficient (Wildman–Crippen LogP) is 3.13. The van der Waals surface area contributed by atoms with Crippen LogP contribution < -0.4 is 4.72 Å². The van der Waals surface area contributed by atoms with Crippen LogP contribution in [0, 0.1) is 0 Å². The van der Waals surface area contributed by atoms with E-state index < -0.39 is 16.0 Å². The molecule has 0 aliphatic rings. The molecule has 2 aromatic carbocycles. The average molecular weight is 391 g/mol. The van der Waals surface area contributed by atoms with Crippen LogP contribution in [-0.4, -0.2) is 45.5 Å². The fraction of sp³-hybridized carbons (Fsp3) is 0.350. The lowest BCUT2D eigenvalue weighted by atomic mass is 10.2. The summed E-state index contributed by atoms with van der Waals surface area (Å²) in [6.45, 7) is 6.95. The molecule has 0 fully saturated rings. The number of ether oxygens (including phenoxy) is 1. The first-order valence-electron chi connectivity index (χ1n) is 8.97. The van der Waals surface area contributed by atoms with E-state index in [1.165, 1.54) is 0 Å². The van der Waals surface area contributed by atoms with Gasteiger partial charge in [0.05, 0.1) is 11.3 Å². The number of anilines is 1. The first-order chi connectivity index (χ1) is 12.9. The van der Waals surface area contributed by atoms with Crippen LogP contribution in [-0.2, 0) is 20.5 Å². The van der Waals surface area contributed by atoms with Crippen molar-refractivity contribution in [2.75, 3.05) is 31.0 Å². The van der Waals surface area contributed by atoms with Gasteiger partial charge in [-0.1, -0.05) is 44.2 Å². The molecule has 0 heterocycles. The summed E-state index contributed by atoms with van der Waals surface area (Å²) in [6.07, 6.45) is 0. The normalized spacial score (nSPS) is 11.4. The average Bonchev–Trinajstić information content (AvgIpc) is 2.65. The second-order valence-corrected chi connectivity index (χ2v) is 7.81. The van der Waals surface area contributed by atoms with Crippen LogP contribution in [0.2, 0.25) is 0 Å². The lowest BCUT2D eigenvalue weighted by molar-refractivity contribution is 0.0466. The van der Waals surface area contributed by atoms with Crippen molar-refractivity contribution < 1.29 is 17.9 Å². The van der Waals surface area contributed by atoms with Gasteiger partial charge in [-0.2, -0.15) is 0 Å². The second-order valence-electron chi connectivity index (χ2n) is 6.09. The number of likely N-dealkylation sites (N-methyl/N-ethyl adjacent to an activating group) is 1. The molecule has 7 heteroatoms. The Kier molecular flexibility index (Phi) is 7.82. The van der Waals surface area contributed by atoms with E-state index in [9.17, 15) is 13.2 Å². The minimum Gasteiger partial charge on any atom is -0.461 e. The monoisotopic (exact) mass is 390 g/mol. The number of hydrogen-bond donors (Lipinski definition) is 1. The number of carbonyl (C=O) groups is 1. The van der Waals surface area contributed by atoms with Gasteiger partial charge in [-0.15, -0.1) is 0 Å². The maximum absolute atomic E-state index is 12.2. The zero-order valence-electron chi connectivity index (χ0n) is 15.7. The molecule has 0 saturated carbocycles. The molecule has 6 nitrogen and oxygen atoms in total. The number of nitrogens with one attached hydrogen (secondary N) is 1. The number of nitrogens with zero attached hydrogens (tertiary/aromatic N) is 1. The fourth-order valence-electron chi connectivity index (χ4n) is 2.57. The maximum Gasteiger partial charge on any atom is 0.338 e. The number of esters is 1. The Bertz CT molecular complexity index is 817. The summed E-state index contributed by atoms with van der Waals surface area (Å²) in [4.78, 5) is 14.2. The molecule has 0 aromatic heterocycles. The van der Waals surface area contributed by atoms with E-state index in [1.54, 1.807) is 48.5 Å². The first-order valence-corrected chi connectivity index (χ1v) is 10.6. The van der Waals surface area contributed by atoms with E-state index in [1.807, 2.05) is 6.07 Å². The lowest BCUT2D eigenvalue weighted by Crippen LogP contribution is -2.27. The zero-order chi connectivity index (χ0) is 19.7. The molecule has 0 unspecified atom stereocenters. The Balaban J connectivity index is 1.89. The summed E-state index contributed by atoms with van der Waals surface area (Å²) in [5.41, 5.74) is 1.50. The molecule has 2 aromatic rings. The highest BCUT2D eigenvalue weighted by Crippen LogP contribution is 2.14. The molecule has 1 N–H and O–H groups in total. The molecule has 27 heavy (non-hydrogen) atoms. The van der Waals surface area contributed by atoms with Crippen LogP contribution in [0.4, 0.5) is 5.69 Å². The smallest absolute Gasteiger partial charge is 0.338 e. The summed E-state index contributed by atoms with van der Waals surface area (Å²) in [5.74, 6) is -0.524. The molecule has 0 aliphatic carbocycles. The van der Waals surface area contributed by atoms with Crippen LogP contribution in [0.1, 0.15) is 29.8 Å². The van der Waals surface area contributed by atoms with Gasteiger partial charge in [-0.25, -0.2) is 13.2 Å². The summed E-state index contributed by atoms with van der Waals surface area (Å²) in [7, 11) is -3.52. The van der Waals surface area contributed by atoms with Gasteiger partial charge in [-0.3, -0.25) is 4.72 Å². The van der Waals surface area contributed by atoms with Gasteiger partial charge in [-0.05, 0) is 42.9 Å². The molecule has 0 aliphatic heterocycles. The van der Waals surface area contributed by atoms with Gasteiger partial charge in [0.2, 0.25) is 10.0 Å². The van der Waals surface area contributed by atoms with Crippen LogP contribution in [0.15, 0.2) is 54.6 Å². The Labute approximate surface area is 161 Å². The number of benzene rings is 2. The topological polar surface area (TPSA) is 75.7 Å². The third kappa shape index (κ3) is 7.03. The Morgan fingerprint density at radius 2 is 1.63 bits per heavy atom. The van der Waals surface area contributed by atoms with Crippen molar-refractivity contribution in [3.63, 3.8) is 0 Å². The lowest BCUT2D eigenvalue weighted by Gasteiger charge is -2.17. The van der Waals surface area contributed by atoms with Crippen molar-refractivity contribution in [2.24, 2.45) is 0 Å². The second kappa shape index (κ2) is 10.1. The first kappa shape index (κ1) is 20.9. The van der Waals surface area contributed by atoms with Gasteiger partial charge in [0.15, 0.2) is 0 Å². The molecule has 0 bridgehead atoms. The van der Waals surface area contributed by atoms with E-state index in [-0.39, 0.29) is 5.75 Å². The van der Waals surface area contributed by atoms with Crippen LogP contribution in [0.3, 0.4) is 0 Å². The van der Waals surface area contributed by atoms with Gasteiger partial charge >= 0.3 is 5.97 Å². The van der Waals surface area contributed by atoms with E-state index >= 15 is 0 Å². The molecule has 0 spiro atoms. The SMILES string of the molecule is CCN(CC)CCOC(=O)c1ccc(NS(=O)(=O)Cc2ccccc2)cc1. The maximum atomic E-state index is 12.2. The minimum absolute atomic E-state index is 0.108. The Morgan fingerprint density at radius 1 is 1.00 bits per heavy atom. The van der Waals surface area contributed by atoms with Gasteiger partial charge < -0.3 is 9.64 Å². The van der Waals surface area contributed by atoms with E-state index in [0.717, 1.165) is 13.1 Å². The van der Waals surface area contributed by atoms with Crippen molar-refractivity contribution in [1.82, 2.24) is 4.90 Å². The minimum atomic E-state index is -3.52. The van der Waals surface area contributed by atoms with Crippen LogP contribution >= 0.6 is 0 Å². The van der Waals surface area contributed by atoms with Gasteiger partial charge in [0, 0.05) is 12.2 Å². The summed E-state index contributed by atoms with van der Waals surface area (Å²) >= 11 is 0. The van der Waals surface area contributed by atoms with Crippen molar-refractivity contribution in [2.45, 2.75) is 19.6 Å². The number of hydrogen-bond acceptors (Lipinski definition) is 5. The number of sulfonamides is 1. The number of carbonyl (C=O) groups excluding carboxylic acids is 1. The van der Waals surface area contributed by atoms with E-state index in [0.29, 0.717) is 30.0 Å². The molecule has 0 amide bonds. The van der Waals surface area contributed by atoms with Crippen molar-refractivity contribution >= 4 is 21.7 Å². The number of rotatable bonds is 10. The van der Waals surface area contributed by atoms with Crippen molar-refractivity contribution in [1.29, 1.82) is 0 Å². The quantitative estimate of drug-likeness (QED) is 0.631. The Hall–Kier alpha value is -2.38. The highest BCUT2D eigenvalue weighted by molar-refractivity contribution is 7.91. The molecule has 0 saturated heterocycles. The molecule has 146 valence electrons. The molecular formula is C20H26N2O4S. The highest BCUT2D eigenvalue weighted by Gasteiger charge is 2.13.